The van der Waals surface area contributed by atoms with Crippen LogP contribution < -0.4 is 5.73 Å². The number of hydrogen-bond donors (Lipinski definition) is 1. The minimum atomic E-state index is -1.13. The van der Waals surface area contributed by atoms with Gasteiger partial charge in [0.2, 0.25) is 0 Å². The van der Waals surface area contributed by atoms with E-state index in [9.17, 15) is 4.39 Å². The Hall–Kier alpha value is -0.150. The number of ether oxygens (including phenoxy) is 1. The summed E-state index contributed by atoms with van der Waals surface area (Å²) in [6.07, 6.45) is 4.09. The van der Waals surface area contributed by atoms with Crippen LogP contribution in [0.25, 0.3) is 0 Å². The molecule has 1 atom stereocenters. The molecule has 0 spiro atoms. The Morgan fingerprint density at radius 1 is 1.43 bits per heavy atom. The van der Waals surface area contributed by atoms with Crippen LogP contribution in [0.15, 0.2) is 0 Å². The standard InChI is InChI=1S/C11H22FNO/c1-2-5-11(12,9-13)8-10-3-6-14-7-4-10/h10H,2-9,13H2,1H3. The molecule has 2 N–H and O–H groups in total. The van der Waals surface area contributed by atoms with Crippen LogP contribution in [0.3, 0.4) is 0 Å². The molecule has 2 nitrogen and oxygen atoms in total. The highest BCUT2D eigenvalue weighted by Gasteiger charge is 2.31. The van der Waals surface area contributed by atoms with Gasteiger partial charge in [-0.3, -0.25) is 0 Å². The molecule has 0 aliphatic carbocycles. The minimum absolute atomic E-state index is 0.165. The lowest BCUT2D eigenvalue weighted by Gasteiger charge is -2.30. The van der Waals surface area contributed by atoms with Crippen molar-refractivity contribution in [3.63, 3.8) is 0 Å². The molecular formula is C11H22FNO. The molecule has 0 saturated carbocycles. The molecule has 1 rings (SSSR count). The Morgan fingerprint density at radius 2 is 2.07 bits per heavy atom. The van der Waals surface area contributed by atoms with E-state index in [1.807, 2.05) is 6.92 Å². The van der Waals surface area contributed by atoms with Crippen molar-refractivity contribution in [1.29, 1.82) is 0 Å². The molecule has 0 aromatic heterocycles. The summed E-state index contributed by atoms with van der Waals surface area (Å²) in [5, 5.41) is 0. The van der Waals surface area contributed by atoms with E-state index in [-0.39, 0.29) is 6.54 Å². The minimum Gasteiger partial charge on any atom is -0.381 e. The second-order valence-corrected chi connectivity index (χ2v) is 4.36. The summed E-state index contributed by atoms with van der Waals surface area (Å²) in [6.45, 7) is 3.75. The Morgan fingerprint density at radius 3 is 2.57 bits per heavy atom. The molecule has 14 heavy (non-hydrogen) atoms. The molecular weight excluding hydrogens is 181 g/mol. The highest BCUT2D eigenvalue weighted by molar-refractivity contribution is 4.83. The Balaban J connectivity index is 2.37. The second-order valence-electron chi connectivity index (χ2n) is 4.36. The third-order valence-corrected chi connectivity index (χ3v) is 3.06. The topological polar surface area (TPSA) is 35.2 Å². The highest BCUT2D eigenvalue weighted by Crippen LogP contribution is 2.30. The van der Waals surface area contributed by atoms with E-state index in [1.165, 1.54) is 0 Å². The van der Waals surface area contributed by atoms with Crippen molar-refractivity contribution in [3.8, 4) is 0 Å². The highest BCUT2D eigenvalue weighted by atomic mass is 19.1. The summed E-state index contributed by atoms with van der Waals surface area (Å²) in [5.74, 6) is 0.476. The van der Waals surface area contributed by atoms with Gasteiger partial charge in [0.25, 0.3) is 0 Å². The number of hydrogen-bond acceptors (Lipinski definition) is 2. The molecule has 0 amide bonds. The van der Waals surface area contributed by atoms with Crippen molar-refractivity contribution in [3.05, 3.63) is 0 Å². The van der Waals surface area contributed by atoms with Crippen molar-refractivity contribution in [1.82, 2.24) is 0 Å². The molecule has 1 aliphatic rings. The number of alkyl halides is 1. The third kappa shape index (κ3) is 3.54. The quantitative estimate of drug-likeness (QED) is 0.744. The lowest BCUT2D eigenvalue weighted by atomic mass is 9.84. The summed E-state index contributed by atoms with van der Waals surface area (Å²) in [6, 6.07) is 0. The summed E-state index contributed by atoms with van der Waals surface area (Å²) in [5.41, 5.74) is 4.38. The van der Waals surface area contributed by atoms with Crippen LogP contribution >= 0.6 is 0 Å². The molecule has 0 aromatic carbocycles. The first-order valence-corrected chi connectivity index (χ1v) is 5.67. The third-order valence-electron chi connectivity index (χ3n) is 3.06. The van der Waals surface area contributed by atoms with Gasteiger partial charge in [-0.2, -0.15) is 0 Å². The van der Waals surface area contributed by atoms with Gasteiger partial charge in [-0.05, 0) is 31.6 Å². The van der Waals surface area contributed by atoms with Crippen molar-refractivity contribution >= 4 is 0 Å². The van der Waals surface area contributed by atoms with Crippen LogP contribution in [0.1, 0.15) is 39.0 Å². The SMILES string of the molecule is CCCC(F)(CN)CC1CCOCC1. The zero-order chi connectivity index (χ0) is 10.4. The zero-order valence-electron chi connectivity index (χ0n) is 9.10. The first-order chi connectivity index (χ1) is 6.70. The van der Waals surface area contributed by atoms with Crippen LogP contribution in [0.5, 0.6) is 0 Å². The fourth-order valence-corrected chi connectivity index (χ4v) is 2.20. The lowest BCUT2D eigenvalue weighted by molar-refractivity contribution is 0.0345. The van der Waals surface area contributed by atoms with Gasteiger partial charge in [0, 0.05) is 19.8 Å². The van der Waals surface area contributed by atoms with Crippen LogP contribution in [0.4, 0.5) is 4.39 Å². The normalized spacial score (nSPS) is 23.4. The molecule has 1 aliphatic heterocycles. The van der Waals surface area contributed by atoms with Gasteiger partial charge in [0.1, 0.15) is 5.67 Å². The largest absolute Gasteiger partial charge is 0.381 e. The maximum atomic E-state index is 14.1. The van der Waals surface area contributed by atoms with Crippen LogP contribution in [0.2, 0.25) is 0 Å². The van der Waals surface area contributed by atoms with Crippen molar-refractivity contribution in [2.24, 2.45) is 11.7 Å². The molecule has 1 unspecified atom stereocenters. The summed E-state index contributed by atoms with van der Waals surface area (Å²) >= 11 is 0. The summed E-state index contributed by atoms with van der Waals surface area (Å²) in [7, 11) is 0. The predicted octanol–water partition coefficient (Wildman–Crippen LogP) is 2.27. The van der Waals surface area contributed by atoms with Gasteiger partial charge in [0.05, 0.1) is 0 Å². The average molecular weight is 203 g/mol. The second kappa shape index (κ2) is 5.66. The first kappa shape index (κ1) is 11.9. The monoisotopic (exact) mass is 203 g/mol. The smallest absolute Gasteiger partial charge is 0.123 e. The molecule has 3 heteroatoms. The number of halogens is 1. The van der Waals surface area contributed by atoms with Gasteiger partial charge in [0.15, 0.2) is 0 Å². The maximum Gasteiger partial charge on any atom is 0.123 e. The molecule has 84 valence electrons. The molecule has 0 bridgehead atoms. The fraction of sp³-hybridized carbons (Fsp3) is 1.00. The first-order valence-electron chi connectivity index (χ1n) is 5.67. The Labute approximate surface area is 86.0 Å². The van der Waals surface area contributed by atoms with Crippen LogP contribution in [0, 0.1) is 5.92 Å². The van der Waals surface area contributed by atoms with Gasteiger partial charge in [-0.15, -0.1) is 0 Å². The van der Waals surface area contributed by atoms with E-state index in [2.05, 4.69) is 0 Å². The van der Waals surface area contributed by atoms with E-state index in [0.29, 0.717) is 18.8 Å². The number of nitrogens with two attached hydrogens (primary N) is 1. The predicted molar refractivity (Wildman–Crippen MR) is 56.0 cm³/mol. The van der Waals surface area contributed by atoms with E-state index in [1.54, 1.807) is 0 Å². The Bertz CT molecular complexity index is 159. The maximum absolute atomic E-state index is 14.1. The molecule has 1 saturated heterocycles. The van der Waals surface area contributed by atoms with Gasteiger partial charge in [-0.25, -0.2) is 4.39 Å². The molecule has 1 heterocycles. The Kier molecular flexibility index (Phi) is 4.82. The van der Waals surface area contributed by atoms with Crippen molar-refractivity contribution in [2.75, 3.05) is 19.8 Å². The summed E-state index contributed by atoms with van der Waals surface area (Å²) in [4.78, 5) is 0. The average Bonchev–Trinajstić information content (AvgIpc) is 2.20. The van der Waals surface area contributed by atoms with Crippen LogP contribution in [-0.4, -0.2) is 25.4 Å². The van der Waals surface area contributed by atoms with E-state index >= 15 is 0 Å². The zero-order valence-corrected chi connectivity index (χ0v) is 9.10. The van der Waals surface area contributed by atoms with Gasteiger partial charge < -0.3 is 10.5 Å². The van der Waals surface area contributed by atoms with E-state index < -0.39 is 5.67 Å². The summed E-state index contributed by atoms with van der Waals surface area (Å²) < 4.78 is 19.4. The lowest BCUT2D eigenvalue weighted by Crippen LogP contribution is -2.36. The molecule has 1 fully saturated rings. The van der Waals surface area contributed by atoms with E-state index in [4.69, 9.17) is 10.5 Å². The fourth-order valence-electron chi connectivity index (χ4n) is 2.20. The van der Waals surface area contributed by atoms with Gasteiger partial charge >= 0.3 is 0 Å². The van der Waals surface area contributed by atoms with Crippen molar-refractivity contribution in [2.45, 2.75) is 44.7 Å². The molecule has 0 aromatic rings. The van der Waals surface area contributed by atoms with Crippen LogP contribution in [-0.2, 0) is 4.74 Å². The molecule has 0 radical (unpaired) electrons. The van der Waals surface area contributed by atoms with E-state index in [0.717, 1.165) is 32.5 Å². The van der Waals surface area contributed by atoms with Gasteiger partial charge in [-0.1, -0.05) is 13.3 Å². The number of rotatable bonds is 5. The van der Waals surface area contributed by atoms with Crippen molar-refractivity contribution < 1.29 is 9.13 Å².